The van der Waals surface area contributed by atoms with Crippen molar-refractivity contribution in [2.24, 2.45) is 0 Å². The summed E-state index contributed by atoms with van der Waals surface area (Å²) in [7, 11) is 1.79. The standard InChI is InChI=1S/C12H14BrNO2/c1-7-4-9(13)12-10(5-7)14(3)11(15)6-8(2)16-12/h4-5,8H,6H2,1-3H3. The van der Waals surface area contributed by atoms with Crippen LogP contribution in [0.3, 0.4) is 0 Å². The molecular weight excluding hydrogens is 270 g/mol. The number of fused-ring (bicyclic) bond motifs is 1. The fourth-order valence-electron chi connectivity index (χ4n) is 1.84. The maximum atomic E-state index is 11.8. The van der Waals surface area contributed by atoms with Gasteiger partial charge < -0.3 is 9.64 Å². The van der Waals surface area contributed by atoms with E-state index in [1.807, 2.05) is 26.0 Å². The number of hydrogen-bond acceptors (Lipinski definition) is 2. The summed E-state index contributed by atoms with van der Waals surface area (Å²) >= 11 is 3.48. The molecule has 1 unspecified atom stereocenters. The Balaban J connectivity index is 2.59. The molecule has 1 aliphatic rings. The first-order chi connectivity index (χ1) is 7.49. The van der Waals surface area contributed by atoms with Crippen LogP contribution in [0, 0.1) is 6.92 Å². The molecule has 0 aliphatic carbocycles. The highest BCUT2D eigenvalue weighted by Gasteiger charge is 2.25. The normalized spacial score (nSPS) is 20.1. The van der Waals surface area contributed by atoms with Gasteiger partial charge in [0.1, 0.15) is 6.10 Å². The number of nitrogens with zero attached hydrogens (tertiary/aromatic N) is 1. The van der Waals surface area contributed by atoms with Crippen molar-refractivity contribution in [3.8, 4) is 5.75 Å². The van der Waals surface area contributed by atoms with Crippen LogP contribution in [0.4, 0.5) is 5.69 Å². The molecule has 0 bridgehead atoms. The summed E-state index contributed by atoms with van der Waals surface area (Å²) in [6.07, 6.45) is 0.326. The number of aryl methyl sites for hydroxylation is 1. The number of halogens is 1. The zero-order chi connectivity index (χ0) is 11.9. The Kier molecular flexibility index (Phi) is 2.93. The monoisotopic (exact) mass is 283 g/mol. The van der Waals surface area contributed by atoms with Gasteiger partial charge in [-0.1, -0.05) is 0 Å². The lowest BCUT2D eigenvalue weighted by Crippen LogP contribution is -2.27. The van der Waals surface area contributed by atoms with Crippen molar-refractivity contribution in [1.29, 1.82) is 0 Å². The molecule has 0 saturated heterocycles. The predicted octanol–water partition coefficient (Wildman–Crippen LogP) is 2.89. The van der Waals surface area contributed by atoms with Crippen LogP contribution in [0.2, 0.25) is 0 Å². The predicted molar refractivity (Wildman–Crippen MR) is 67.0 cm³/mol. The minimum absolute atomic E-state index is 0.0868. The number of carbonyl (C=O) groups excluding carboxylic acids is 1. The summed E-state index contributed by atoms with van der Waals surface area (Å²) in [4.78, 5) is 13.5. The van der Waals surface area contributed by atoms with E-state index in [2.05, 4.69) is 15.9 Å². The lowest BCUT2D eigenvalue weighted by molar-refractivity contribution is -0.119. The van der Waals surface area contributed by atoms with E-state index in [1.165, 1.54) is 0 Å². The summed E-state index contributed by atoms with van der Waals surface area (Å²) in [5.74, 6) is 0.843. The first-order valence-corrected chi connectivity index (χ1v) is 6.01. The molecule has 0 N–H and O–H groups in total. The van der Waals surface area contributed by atoms with Crippen LogP contribution < -0.4 is 9.64 Å². The fraction of sp³-hybridized carbons (Fsp3) is 0.417. The largest absolute Gasteiger partial charge is 0.487 e. The number of benzene rings is 1. The molecule has 0 aromatic heterocycles. The quantitative estimate of drug-likeness (QED) is 0.733. The van der Waals surface area contributed by atoms with Gasteiger partial charge in [-0.3, -0.25) is 4.79 Å². The van der Waals surface area contributed by atoms with E-state index in [1.54, 1.807) is 11.9 Å². The number of anilines is 1. The highest BCUT2D eigenvalue weighted by atomic mass is 79.9. The number of ether oxygens (including phenoxy) is 1. The van der Waals surface area contributed by atoms with E-state index in [0.29, 0.717) is 6.42 Å². The van der Waals surface area contributed by atoms with Gasteiger partial charge in [0.15, 0.2) is 5.75 Å². The number of rotatable bonds is 0. The molecule has 0 spiro atoms. The zero-order valence-corrected chi connectivity index (χ0v) is 11.2. The average Bonchev–Trinajstić information content (AvgIpc) is 2.29. The maximum Gasteiger partial charge on any atom is 0.230 e. The third-order valence-electron chi connectivity index (χ3n) is 2.68. The van der Waals surface area contributed by atoms with Crippen LogP contribution in [0.1, 0.15) is 18.9 Å². The molecule has 2 rings (SSSR count). The van der Waals surface area contributed by atoms with Crippen molar-refractivity contribution >= 4 is 27.5 Å². The van der Waals surface area contributed by atoms with E-state index in [0.717, 1.165) is 21.5 Å². The van der Waals surface area contributed by atoms with Crippen LogP contribution in [-0.4, -0.2) is 19.1 Å². The van der Waals surface area contributed by atoms with Crippen molar-refractivity contribution in [3.05, 3.63) is 22.2 Å². The Hall–Kier alpha value is -1.03. The molecular formula is C12H14BrNO2. The second-order valence-corrected chi connectivity index (χ2v) is 5.03. The van der Waals surface area contributed by atoms with Crippen molar-refractivity contribution in [2.75, 3.05) is 11.9 Å². The SMILES string of the molecule is Cc1cc(Br)c2c(c1)N(C)C(=O)CC(C)O2. The zero-order valence-electron chi connectivity index (χ0n) is 9.58. The molecule has 0 saturated carbocycles. The third-order valence-corrected chi connectivity index (χ3v) is 3.27. The second kappa shape index (κ2) is 4.09. The minimum Gasteiger partial charge on any atom is -0.487 e. The molecule has 3 nitrogen and oxygen atoms in total. The van der Waals surface area contributed by atoms with E-state index < -0.39 is 0 Å². The molecule has 0 fully saturated rings. The first kappa shape index (κ1) is 11.5. The average molecular weight is 284 g/mol. The van der Waals surface area contributed by atoms with Gasteiger partial charge in [0.05, 0.1) is 16.6 Å². The minimum atomic E-state index is -0.0878. The van der Waals surface area contributed by atoms with Gasteiger partial charge in [-0.2, -0.15) is 0 Å². The molecule has 0 radical (unpaired) electrons. The van der Waals surface area contributed by atoms with Crippen LogP contribution in [0.25, 0.3) is 0 Å². The molecule has 1 heterocycles. The summed E-state index contributed by atoms with van der Waals surface area (Å²) in [6, 6.07) is 3.96. The van der Waals surface area contributed by atoms with E-state index in [-0.39, 0.29) is 12.0 Å². The Morgan fingerprint density at radius 1 is 1.50 bits per heavy atom. The van der Waals surface area contributed by atoms with Gasteiger partial charge in [-0.25, -0.2) is 0 Å². The fourth-order valence-corrected chi connectivity index (χ4v) is 2.49. The summed E-state index contributed by atoms with van der Waals surface area (Å²) in [6.45, 7) is 3.91. The summed E-state index contributed by atoms with van der Waals surface area (Å²) in [5, 5.41) is 0. The van der Waals surface area contributed by atoms with E-state index in [4.69, 9.17) is 4.74 Å². The van der Waals surface area contributed by atoms with E-state index in [9.17, 15) is 4.79 Å². The van der Waals surface area contributed by atoms with Crippen LogP contribution in [0.5, 0.6) is 5.75 Å². The maximum absolute atomic E-state index is 11.8. The second-order valence-electron chi connectivity index (χ2n) is 4.18. The molecule has 86 valence electrons. The smallest absolute Gasteiger partial charge is 0.230 e. The Morgan fingerprint density at radius 3 is 2.88 bits per heavy atom. The van der Waals surface area contributed by atoms with Crippen molar-refractivity contribution in [1.82, 2.24) is 0 Å². The molecule has 16 heavy (non-hydrogen) atoms. The van der Waals surface area contributed by atoms with Gasteiger partial charge in [-0.15, -0.1) is 0 Å². The number of carbonyl (C=O) groups is 1. The van der Waals surface area contributed by atoms with Crippen molar-refractivity contribution in [2.45, 2.75) is 26.4 Å². The molecule has 1 atom stereocenters. The topological polar surface area (TPSA) is 29.5 Å². The van der Waals surface area contributed by atoms with Crippen molar-refractivity contribution in [3.63, 3.8) is 0 Å². The van der Waals surface area contributed by atoms with Gasteiger partial charge in [0, 0.05) is 7.05 Å². The molecule has 1 aromatic carbocycles. The Morgan fingerprint density at radius 2 is 2.19 bits per heavy atom. The first-order valence-electron chi connectivity index (χ1n) is 5.22. The highest BCUT2D eigenvalue weighted by molar-refractivity contribution is 9.10. The van der Waals surface area contributed by atoms with Crippen molar-refractivity contribution < 1.29 is 9.53 Å². The van der Waals surface area contributed by atoms with Gasteiger partial charge in [-0.05, 0) is 47.5 Å². The van der Waals surface area contributed by atoms with Crippen LogP contribution in [-0.2, 0) is 4.79 Å². The summed E-state index contributed by atoms with van der Waals surface area (Å²) < 4.78 is 6.67. The van der Waals surface area contributed by atoms with Crippen LogP contribution in [0.15, 0.2) is 16.6 Å². The summed E-state index contributed by atoms with van der Waals surface area (Å²) in [5.41, 5.74) is 1.93. The number of amides is 1. The van der Waals surface area contributed by atoms with Gasteiger partial charge >= 0.3 is 0 Å². The lowest BCUT2D eigenvalue weighted by atomic mass is 10.2. The molecule has 1 aliphatic heterocycles. The molecule has 1 amide bonds. The Bertz CT molecular complexity index is 445. The molecule has 1 aromatic rings. The van der Waals surface area contributed by atoms with Crippen LogP contribution >= 0.6 is 15.9 Å². The number of hydrogen-bond donors (Lipinski definition) is 0. The van der Waals surface area contributed by atoms with E-state index >= 15 is 0 Å². The lowest BCUT2D eigenvalue weighted by Gasteiger charge is -2.18. The molecule has 4 heteroatoms. The third kappa shape index (κ3) is 1.94. The van der Waals surface area contributed by atoms with Gasteiger partial charge in [0.25, 0.3) is 0 Å². The highest BCUT2D eigenvalue weighted by Crippen LogP contribution is 2.39. The Labute approximate surface area is 104 Å². The van der Waals surface area contributed by atoms with Gasteiger partial charge in [0.2, 0.25) is 5.91 Å².